The molecule has 2 aromatic rings. The van der Waals surface area contributed by atoms with Crippen LogP contribution in [0.25, 0.3) is 0 Å². The molecule has 1 aliphatic heterocycles. The van der Waals surface area contributed by atoms with E-state index in [-0.39, 0.29) is 22.8 Å². The molecule has 1 aliphatic rings. The average molecular weight is 408 g/mol. The number of hydrogen-bond donors (Lipinski definition) is 0. The number of aryl methyl sites for hydroxylation is 1. The lowest BCUT2D eigenvalue weighted by Crippen LogP contribution is -2.63. The lowest BCUT2D eigenvalue weighted by Gasteiger charge is -2.53. The Morgan fingerprint density at radius 2 is 1.58 bits per heavy atom. The summed E-state index contributed by atoms with van der Waals surface area (Å²) in [4.78, 5) is 0.471. The van der Waals surface area contributed by atoms with E-state index in [1.54, 1.807) is 16.4 Å². The first kappa shape index (κ1) is 17.6. The standard InChI is InChI=1S/C19H22BrNO2S/c1-13(2)18-17(20)19(15-7-5-4-6-8-15)21(18)24(22,23)16-11-9-14(3)10-12-16/h4-13,17-19H,1-3H3/t17-,18+,19+/m0/s1. The molecular formula is C19H22BrNO2S. The van der Waals surface area contributed by atoms with Gasteiger partial charge in [-0.3, -0.25) is 0 Å². The van der Waals surface area contributed by atoms with Gasteiger partial charge in [-0.25, -0.2) is 8.42 Å². The number of nitrogens with zero attached hydrogens (tertiary/aromatic N) is 1. The molecule has 0 radical (unpaired) electrons. The van der Waals surface area contributed by atoms with Crippen LogP contribution in [-0.4, -0.2) is 23.6 Å². The molecule has 0 unspecified atom stereocenters. The van der Waals surface area contributed by atoms with Gasteiger partial charge in [-0.1, -0.05) is 77.8 Å². The van der Waals surface area contributed by atoms with Crippen molar-refractivity contribution in [1.82, 2.24) is 4.31 Å². The molecule has 3 atom stereocenters. The van der Waals surface area contributed by atoms with Crippen LogP contribution in [0.2, 0.25) is 0 Å². The summed E-state index contributed by atoms with van der Waals surface area (Å²) in [6, 6.07) is 16.7. The van der Waals surface area contributed by atoms with Crippen molar-refractivity contribution in [3.05, 3.63) is 65.7 Å². The van der Waals surface area contributed by atoms with Gasteiger partial charge in [0.25, 0.3) is 0 Å². The summed E-state index contributed by atoms with van der Waals surface area (Å²) in [6.07, 6.45) is 0. The van der Waals surface area contributed by atoms with E-state index in [0.717, 1.165) is 11.1 Å². The molecular weight excluding hydrogens is 386 g/mol. The molecule has 3 rings (SSSR count). The maximum atomic E-state index is 13.3. The highest BCUT2D eigenvalue weighted by Crippen LogP contribution is 2.49. The summed E-state index contributed by atoms with van der Waals surface area (Å²) in [5.74, 6) is 0.231. The third kappa shape index (κ3) is 2.93. The van der Waals surface area contributed by atoms with E-state index in [1.165, 1.54) is 0 Å². The lowest BCUT2D eigenvalue weighted by atomic mass is 9.84. The maximum absolute atomic E-state index is 13.3. The van der Waals surface area contributed by atoms with Gasteiger partial charge in [0.15, 0.2) is 0 Å². The van der Waals surface area contributed by atoms with E-state index in [4.69, 9.17) is 0 Å². The van der Waals surface area contributed by atoms with Crippen molar-refractivity contribution in [3.63, 3.8) is 0 Å². The summed E-state index contributed by atoms with van der Waals surface area (Å²) in [5, 5.41) is 0. The zero-order chi connectivity index (χ0) is 17.5. The minimum absolute atomic E-state index is 0.0542. The van der Waals surface area contributed by atoms with Crippen LogP contribution in [0.15, 0.2) is 59.5 Å². The zero-order valence-corrected chi connectivity index (χ0v) is 16.5. The van der Waals surface area contributed by atoms with Crippen molar-refractivity contribution in [1.29, 1.82) is 0 Å². The van der Waals surface area contributed by atoms with Crippen LogP contribution in [0, 0.1) is 12.8 Å². The highest BCUT2D eigenvalue weighted by molar-refractivity contribution is 9.09. The van der Waals surface area contributed by atoms with Crippen LogP contribution < -0.4 is 0 Å². The highest BCUT2D eigenvalue weighted by atomic mass is 79.9. The Bertz CT molecular complexity index is 803. The lowest BCUT2D eigenvalue weighted by molar-refractivity contribution is 0.0888. The Balaban J connectivity index is 2.05. The van der Waals surface area contributed by atoms with Crippen LogP contribution >= 0.6 is 15.9 Å². The first-order chi connectivity index (χ1) is 11.3. The molecule has 0 bridgehead atoms. The van der Waals surface area contributed by atoms with Crippen molar-refractivity contribution in [2.45, 2.75) is 42.6 Å². The van der Waals surface area contributed by atoms with Crippen LogP contribution in [0.3, 0.4) is 0 Å². The van der Waals surface area contributed by atoms with Crippen molar-refractivity contribution >= 4 is 26.0 Å². The van der Waals surface area contributed by atoms with Gasteiger partial charge in [0.05, 0.1) is 15.8 Å². The average Bonchev–Trinajstić information content (AvgIpc) is 2.53. The third-order valence-corrected chi connectivity index (χ3v) is 7.55. The predicted octanol–water partition coefficient (Wildman–Crippen LogP) is 4.53. The molecule has 1 fully saturated rings. The number of hydrogen-bond acceptors (Lipinski definition) is 2. The Hall–Kier alpha value is -1.17. The summed E-state index contributed by atoms with van der Waals surface area (Å²) in [5.41, 5.74) is 2.07. The molecule has 2 aromatic carbocycles. The molecule has 0 spiro atoms. The van der Waals surface area contributed by atoms with Crippen molar-refractivity contribution in [3.8, 4) is 0 Å². The topological polar surface area (TPSA) is 37.4 Å². The highest BCUT2D eigenvalue weighted by Gasteiger charge is 2.54. The number of sulfonamides is 1. The second-order valence-corrected chi connectivity index (χ2v) is 9.58. The van der Waals surface area contributed by atoms with Crippen LogP contribution in [0.5, 0.6) is 0 Å². The number of halogens is 1. The quantitative estimate of drug-likeness (QED) is 0.698. The van der Waals surface area contributed by atoms with Gasteiger partial charge in [-0.15, -0.1) is 0 Å². The molecule has 3 nitrogen and oxygen atoms in total. The molecule has 1 heterocycles. The number of alkyl halides is 1. The normalized spacial score (nSPS) is 24.8. The first-order valence-electron chi connectivity index (χ1n) is 8.13. The van der Waals surface area contributed by atoms with E-state index in [1.807, 2.05) is 49.4 Å². The minimum Gasteiger partial charge on any atom is -0.207 e. The largest absolute Gasteiger partial charge is 0.243 e. The van der Waals surface area contributed by atoms with Gasteiger partial charge in [0.2, 0.25) is 10.0 Å². The Morgan fingerprint density at radius 1 is 1.00 bits per heavy atom. The van der Waals surface area contributed by atoms with E-state index < -0.39 is 10.0 Å². The van der Waals surface area contributed by atoms with Crippen LogP contribution in [-0.2, 0) is 10.0 Å². The van der Waals surface area contributed by atoms with Crippen LogP contribution in [0.1, 0.15) is 31.0 Å². The fourth-order valence-corrected chi connectivity index (χ4v) is 7.04. The Kier molecular flexibility index (Phi) is 4.87. The number of benzene rings is 2. The second kappa shape index (κ2) is 6.62. The predicted molar refractivity (Wildman–Crippen MR) is 101 cm³/mol. The SMILES string of the molecule is Cc1ccc(S(=O)(=O)N2[C@H](c3ccccc3)[C@@H](Br)[C@H]2C(C)C)cc1. The van der Waals surface area contributed by atoms with E-state index in [2.05, 4.69) is 29.8 Å². The molecule has 0 saturated carbocycles. The van der Waals surface area contributed by atoms with Crippen molar-refractivity contribution in [2.24, 2.45) is 5.92 Å². The van der Waals surface area contributed by atoms with Gasteiger partial charge in [0.1, 0.15) is 0 Å². The van der Waals surface area contributed by atoms with Crippen molar-refractivity contribution in [2.75, 3.05) is 0 Å². The third-order valence-electron chi connectivity index (χ3n) is 4.62. The molecule has 24 heavy (non-hydrogen) atoms. The Labute approximate surface area is 152 Å². The van der Waals surface area contributed by atoms with E-state index >= 15 is 0 Å². The van der Waals surface area contributed by atoms with Gasteiger partial charge in [-0.2, -0.15) is 4.31 Å². The van der Waals surface area contributed by atoms with Gasteiger partial charge >= 0.3 is 0 Å². The molecule has 1 saturated heterocycles. The van der Waals surface area contributed by atoms with E-state index in [9.17, 15) is 8.42 Å². The zero-order valence-electron chi connectivity index (χ0n) is 14.1. The molecule has 5 heteroatoms. The van der Waals surface area contributed by atoms with Gasteiger partial charge in [-0.05, 0) is 30.5 Å². The van der Waals surface area contributed by atoms with E-state index in [0.29, 0.717) is 4.90 Å². The van der Waals surface area contributed by atoms with Gasteiger partial charge in [0, 0.05) is 6.04 Å². The molecule has 0 N–H and O–H groups in total. The van der Waals surface area contributed by atoms with Crippen molar-refractivity contribution < 1.29 is 8.42 Å². The van der Waals surface area contributed by atoms with Crippen LogP contribution in [0.4, 0.5) is 0 Å². The fraction of sp³-hybridized carbons (Fsp3) is 0.368. The monoisotopic (exact) mass is 407 g/mol. The second-order valence-electron chi connectivity index (χ2n) is 6.68. The first-order valence-corrected chi connectivity index (χ1v) is 10.5. The smallest absolute Gasteiger partial charge is 0.207 e. The Morgan fingerprint density at radius 3 is 2.12 bits per heavy atom. The minimum atomic E-state index is -3.54. The molecule has 0 aromatic heterocycles. The fourth-order valence-electron chi connectivity index (χ4n) is 3.34. The number of rotatable bonds is 4. The van der Waals surface area contributed by atoms with Gasteiger partial charge < -0.3 is 0 Å². The summed E-state index contributed by atoms with van der Waals surface area (Å²) in [6.45, 7) is 6.09. The summed E-state index contributed by atoms with van der Waals surface area (Å²) >= 11 is 3.74. The summed E-state index contributed by atoms with van der Waals surface area (Å²) < 4.78 is 28.2. The molecule has 128 valence electrons. The maximum Gasteiger partial charge on any atom is 0.243 e. The molecule has 0 amide bonds. The summed E-state index contributed by atoms with van der Waals surface area (Å²) in [7, 11) is -3.54. The molecule has 0 aliphatic carbocycles.